The fourth-order valence-corrected chi connectivity index (χ4v) is 2.69. The lowest BCUT2D eigenvalue weighted by Crippen LogP contribution is -2.40. The molecule has 1 heterocycles. The number of nitrogens with zero attached hydrogens (tertiary/aromatic N) is 2. The van der Waals surface area contributed by atoms with Gasteiger partial charge in [-0.25, -0.2) is 0 Å². The molecule has 22 heavy (non-hydrogen) atoms. The summed E-state index contributed by atoms with van der Waals surface area (Å²) in [4.78, 5) is 12.5. The van der Waals surface area contributed by atoms with Crippen LogP contribution in [0.3, 0.4) is 0 Å². The molecular formula is C16H24N2O4. The van der Waals surface area contributed by atoms with Crippen LogP contribution in [0, 0.1) is 23.0 Å². The summed E-state index contributed by atoms with van der Waals surface area (Å²) in [5.74, 6) is 1.35. The van der Waals surface area contributed by atoms with Crippen molar-refractivity contribution in [3.05, 3.63) is 33.9 Å². The van der Waals surface area contributed by atoms with Crippen molar-refractivity contribution < 1.29 is 14.8 Å². The number of aliphatic hydroxyl groups is 1. The number of rotatable bonds is 6. The molecule has 0 amide bonds. The quantitative estimate of drug-likeness (QED) is 0.645. The molecule has 0 aromatic heterocycles. The number of likely N-dealkylation sites (tertiary alicyclic amines) is 1. The van der Waals surface area contributed by atoms with E-state index in [9.17, 15) is 15.2 Å². The SMILES string of the molecule is Cc1cc([N+](=O)[O-])ccc1OCC(O)CN1CCC(C)CC1. The number of piperidine rings is 1. The van der Waals surface area contributed by atoms with E-state index in [0.29, 0.717) is 17.9 Å². The summed E-state index contributed by atoms with van der Waals surface area (Å²) >= 11 is 0. The first-order chi connectivity index (χ1) is 10.5. The van der Waals surface area contributed by atoms with Gasteiger partial charge in [0, 0.05) is 18.7 Å². The second-order valence-electron chi connectivity index (χ2n) is 6.15. The van der Waals surface area contributed by atoms with Crippen LogP contribution in [0.1, 0.15) is 25.3 Å². The van der Waals surface area contributed by atoms with Crippen LogP contribution < -0.4 is 4.74 Å². The Morgan fingerprint density at radius 3 is 2.73 bits per heavy atom. The molecule has 1 fully saturated rings. The van der Waals surface area contributed by atoms with Gasteiger partial charge in [-0.15, -0.1) is 0 Å². The summed E-state index contributed by atoms with van der Waals surface area (Å²) < 4.78 is 5.60. The number of hydrogen-bond donors (Lipinski definition) is 1. The summed E-state index contributed by atoms with van der Waals surface area (Å²) in [6.07, 6.45) is 1.80. The Morgan fingerprint density at radius 1 is 1.45 bits per heavy atom. The third-order valence-corrected chi connectivity index (χ3v) is 4.15. The number of non-ortho nitro benzene ring substituents is 1. The monoisotopic (exact) mass is 308 g/mol. The van der Waals surface area contributed by atoms with Gasteiger partial charge in [-0.2, -0.15) is 0 Å². The topological polar surface area (TPSA) is 75.8 Å². The molecule has 0 saturated carbocycles. The van der Waals surface area contributed by atoms with Gasteiger partial charge in [0.2, 0.25) is 0 Å². The van der Waals surface area contributed by atoms with Gasteiger partial charge in [-0.05, 0) is 50.4 Å². The molecule has 0 aliphatic carbocycles. The van der Waals surface area contributed by atoms with Crippen molar-refractivity contribution in [2.45, 2.75) is 32.8 Å². The number of nitro groups is 1. The zero-order valence-corrected chi connectivity index (χ0v) is 13.2. The van der Waals surface area contributed by atoms with Gasteiger partial charge in [0.15, 0.2) is 0 Å². The molecule has 1 atom stereocenters. The maximum absolute atomic E-state index is 10.7. The van der Waals surface area contributed by atoms with Crippen LogP contribution >= 0.6 is 0 Å². The zero-order chi connectivity index (χ0) is 16.1. The third kappa shape index (κ3) is 4.68. The average Bonchev–Trinajstić information content (AvgIpc) is 2.48. The van der Waals surface area contributed by atoms with E-state index >= 15 is 0 Å². The van der Waals surface area contributed by atoms with Crippen molar-refractivity contribution in [3.63, 3.8) is 0 Å². The van der Waals surface area contributed by atoms with E-state index in [1.165, 1.54) is 25.0 Å². The fraction of sp³-hybridized carbons (Fsp3) is 0.625. The van der Waals surface area contributed by atoms with Crippen molar-refractivity contribution in [2.24, 2.45) is 5.92 Å². The van der Waals surface area contributed by atoms with E-state index in [2.05, 4.69) is 11.8 Å². The van der Waals surface area contributed by atoms with Crippen LogP contribution in [0.15, 0.2) is 18.2 Å². The minimum Gasteiger partial charge on any atom is -0.491 e. The second kappa shape index (κ2) is 7.56. The lowest BCUT2D eigenvalue weighted by Gasteiger charge is -2.31. The molecule has 0 spiro atoms. The minimum absolute atomic E-state index is 0.0489. The van der Waals surface area contributed by atoms with Crippen molar-refractivity contribution >= 4 is 5.69 Å². The first-order valence-corrected chi connectivity index (χ1v) is 7.74. The van der Waals surface area contributed by atoms with Gasteiger partial charge in [0.25, 0.3) is 5.69 Å². The maximum Gasteiger partial charge on any atom is 0.269 e. The molecule has 6 heteroatoms. The lowest BCUT2D eigenvalue weighted by molar-refractivity contribution is -0.384. The Bertz CT molecular complexity index is 513. The molecule has 1 aromatic carbocycles. The van der Waals surface area contributed by atoms with Gasteiger partial charge in [-0.1, -0.05) is 6.92 Å². The molecule has 1 N–H and O–H groups in total. The van der Waals surface area contributed by atoms with Crippen LogP contribution in [-0.4, -0.2) is 47.3 Å². The maximum atomic E-state index is 10.7. The molecule has 0 bridgehead atoms. The largest absolute Gasteiger partial charge is 0.491 e. The Labute approximate surface area is 130 Å². The Kier molecular flexibility index (Phi) is 5.74. The number of aryl methyl sites for hydroxylation is 1. The minimum atomic E-state index is -0.553. The van der Waals surface area contributed by atoms with Crippen LogP contribution in [0.2, 0.25) is 0 Å². The fourth-order valence-electron chi connectivity index (χ4n) is 2.69. The molecule has 1 aliphatic rings. The molecular weight excluding hydrogens is 284 g/mol. The number of aliphatic hydroxyl groups excluding tert-OH is 1. The molecule has 6 nitrogen and oxygen atoms in total. The highest BCUT2D eigenvalue weighted by Crippen LogP contribution is 2.23. The lowest BCUT2D eigenvalue weighted by atomic mass is 9.99. The van der Waals surface area contributed by atoms with Crippen LogP contribution in [0.5, 0.6) is 5.75 Å². The van der Waals surface area contributed by atoms with Crippen LogP contribution in [-0.2, 0) is 0 Å². The van der Waals surface area contributed by atoms with Crippen molar-refractivity contribution in [1.29, 1.82) is 0 Å². The highest BCUT2D eigenvalue weighted by Gasteiger charge is 2.19. The van der Waals surface area contributed by atoms with Gasteiger partial charge in [0.05, 0.1) is 4.92 Å². The highest BCUT2D eigenvalue weighted by atomic mass is 16.6. The molecule has 2 rings (SSSR count). The normalized spacial score (nSPS) is 18.1. The van der Waals surface area contributed by atoms with Gasteiger partial charge in [0.1, 0.15) is 18.5 Å². The van der Waals surface area contributed by atoms with E-state index in [0.717, 1.165) is 19.0 Å². The summed E-state index contributed by atoms with van der Waals surface area (Å²) in [5, 5.41) is 20.8. The van der Waals surface area contributed by atoms with Gasteiger partial charge < -0.3 is 14.7 Å². The predicted octanol–water partition coefficient (Wildman–Crippen LogP) is 2.37. The Hall–Kier alpha value is -1.66. The number of hydrogen-bond acceptors (Lipinski definition) is 5. The summed E-state index contributed by atoms with van der Waals surface area (Å²) in [5.41, 5.74) is 0.751. The van der Waals surface area contributed by atoms with Crippen LogP contribution in [0.25, 0.3) is 0 Å². The van der Waals surface area contributed by atoms with E-state index in [4.69, 9.17) is 4.74 Å². The summed E-state index contributed by atoms with van der Waals surface area (Å²) in [7, 11) is 0. The second-order valence-corrected chi connectivity index (χ2v) is 6.15. The first-order valence-electron chi connectivity index (χ1n) is 7.74. The predicted molar refractivity (Wildman–Crippen MR) is 84.2 cm³/mol. The Morgan fingerprint density at radius 2 is 2.14 bits per heavy atom. The zero-order valence-electron chi connectivity index (χ0n) is 13.2. The number of ether oxygens (including phenoxy) is 1. The summed E-state index contributed by atoms with van der Waals surface area (Å²) in [6.45, 7) is 6.88. The molecule has 1 saturated heterocycles. The number of benzene rings is 1. The standard InChI is InChI=1S/C16H24N2O4/c1-12-5-7-17(8-6-12)10-15(19)11-22-16-4-3-14(18(20)21)9-13(16)2/h3-4,9,12,15,19H,5-8,10-11H2,1-2H3. The van der Waals surface area contributed by atoms with E-state index in [1.54, 1.807) is 13.0 Å². The number of nitro benzene ring substituents is 1. The van der Waals surface area contributed by atoms with Gasteiger partial charge in [-0.3, -0.25) is 10.1 Å². The third-order valence-electron chi connectivity index (χ3n) is 4.15. The molecule has 1 aromatic rings. The van der Waals surface area contributed by atoms with Crippen LogP contribution in [0.4, 0.5) is 5.69 Å². The first kappa shape index (κ1) is 16.7. The highest BCUT2D eigenvalue weighted by molar-refractivity contribution is 5.42. The average molecular weight is 308 g/mol. The smallest absolute Gasteiger partial charge is 0.269 e. The molecule has 1 unspecified atom stereocenters. The van der Waals surface area contributed by atoms with Crippen molar-refractivity contribution in [2.75, 3.05) is 26.2 Å². The molecule has 0 radical (unpaired) electrons. The molecule has 1 aliphatic heterocycles. The van der Waals surface area contributed by atoms with E-state index in [-0.39, 0.29) is 12.3 Å². The van der Waals surface area contributed by atoms with E-state index < -0.39 is 11.0 Å². The van der Waals surface area contributed by atoms with E-state index in [1.807, 2.05) is 0 Å². The number of β-amino-alcohol motifs (C(OH)–C–C–N with tert-alkyl or cyclic N) is 1. The van der Waals surface area contributed by atoms with Crippen molar-refractivity contribution in [1.82, 2.24) is 4.90 Å². The molecule has 122 valence electrons. The van der Waals surface area contributed by atoms with Crippen molar-refractivity contribution in [3.8, 4) is 5.75 Å². The Balaban J connectivity index is 1.81. The summed E-state index contributed by atoms with van der Waals surface area (Å²) in [6, 6.07) is 4.48. The van der Waals surface area contributed by atoms with Gasteiger partial charge >= 0.3 is 0 Å².